The van der Waals surface area contributed by atoms with Crippen molar-refractivity contribution in [2.45, 2.75) is 60.0 Å². The quantitative estimate of drug-likeness (QED) is 0.185. The summed E-state index contributed by atoms with van der Waals surface area (Å²) in [5.41, 5.74) is 9.43. The number of carbonyl (C=O) groups excluding carboxylic acids is 1. The summed E-state index contributed by atoms with van der Waals surface area (Å²) in [6.45, 7) is 13.5. The fourth-order valence-corrected chi connectivity index (χ4v) is 5.86. The zero-order chi connectivity index (χ0) is 30.8. The van der Waals surface area contributed by atoms with E-state index in [0.29, 0.717) is 29.2 Å². The van der Waals surface area contributed by atoms with Gasteiger partial charge in [0, 0.05) is 28.7 Å². The van der Waals surface area contributed by atoms with Crippen LogP contribution in [0.25, 0.3) is 22.0 Å². The molecule has 0 fully saturated rings. The van der Waals surface area contributed by atoms with Gasteiger partial charge in [0.25, 0.3) is 5.91 Å². The van der Waals surface area contributed by atoms with Gasteiger partial charge in [0.2, 0.25) is 0 Å². The summed E-state index contributed by atoms with van der Waals surface area (Å²) >= 11 is 0. The second-order valence-corrected chi connectivity index (χ2v) is 12.1. The summed E-state index contributed by atoms with van der Waals surface area (Å²) < 4.78 is 2.28. The molecule has 0 aliphatic heterocycles. The van der Waals surface area contributed by atoms with Crippen molar-refractivity contribution >= 4 is 22.8 Å². The summed E-state index contributed by atoms with van der Waals surface area (Å²) in [4.78, 5) is 25.2. The Morgan fingerprint density at radius 3 is 2.19 bits per heavy atom. The summed E-state index contributed by atoms with van der Waals surface area (Å²) in [6, 6.07) is 29.6. The molecule has 5 nitrogen and oxygen atoms in total. The molecule has 1 unspecified atom stereocenters. The van der Waals surface area contributed by atoms with Crippen LogP contribution >= 0.6 is 0 Å². The van der Waals surface area contributed by atoms with E-state index in [1.807, 2.05) is 42.5 Å². The smallest absolute Gasteiger partial charge is 0.336 e. The van der Waals surface area contributed by atoms with Gasteiger partial charge in [-0.3, -0.25) is 4.79 Å². The lowest BCUT2D eigenvalue weighted by molar-refractivity contribution is 0.0697. The zero-order valence-electron chi connectivity index (χ0n) is 25.8. The highest BCUT2D eigenvalue weighted by Crippen LogP contribution is 2.30. The van der Waals surface area contributed by atoms with E-state index in [1.165, 1.54) is 5.56 Å². The number of carboxylic acid groups (broad SMARTS) is 1. The molecule has 1 aromatic heterocycles. The molecule has 5 heteroatoms. The van der Waals surface area contributed by atoms with Crippen LogP contribution in [-0.2, 0) is 6.54 Å². The summed E-state index contributed by atoms with van der Waals surface area (Å²) in [5, 5.41) is 14.0. The molecule has 0 saturated heterocycles. The SMILES string of the molecule is Cc1c(C)n(Cc2ccc(-c3ccccc3C(=O)O)cc2)c2ccc(C(=O)NC(c3cccc(C(C)C)c3)C(C)C)cc12. The van der Waals surface area contributed by atoms with Crippen LogP contribution in [0.1, 0.15) is 88.3 Å². The Bertz CT molecular complexity index is 1790. The molecule has 0 radical (unpaired) electrons. The van der Waals surface area contributed by atoms with Crippen LogP contribution in [0.3, 0.4) is 0 Å². The second-order valence-electron chi connectivity index (χ2n) is 12.1. The number of aromatic nitrogens is 1. The third-order valence-electron chi connectivity index (χ3n) is 8.55. The molecule has 220 valence electrons. The van der Waals surface area contributed by atoms with Gasteiger partial charge in [0.15, 0.2) is 0 Å². The van der Waals surface area contributed by atoms with Gasteiger partial charge in [-0.2, -0.15) is 0 Å². The molecule has 1 atom stereocenters. The highest BCUT2D eigenvalue weighted by molar-refractivity contribution is 5.99. The van der Waals surface area contributed by atoms with Crippen LogP contribution in [0.5, 0.6) is 0 Å². The van der Waals surface area contributed by atoms with Gasteiger partial charge in [-0.15, -0.1) is 0 Å². The first-order valence-electron chi connectivity index (χ1n) is 15.0. The van der Waals surface area contributed by atoms with Crippen molar-refractivity contribution in [1.82, 2.24) is 9.88 Å². The number of carbonyl (C=O) groups is 2. The molecule has 0 bridgehead atoms. The third kappa shape index (κ3) is 6.12. The molecular formula is C38H40N2O3. The minimum atomic E-state index is -0.933. The largest absolute Gasteiger partial charge is 0.478 e. The standard InChI is InChI=1S/C38H40N2O3/c1-23(2)29-10-9-11-30(20-29)36(24(3)4)39-37(41)31-18-19-35-34(21-31)25(5)26(6)40(35)22-27-14-16-28(17-15-27)32-12-7-8-13-33(32)38(42)43/h7-21,23-24,36H,22H2,1-6H3,(H,39,41)(H,42,43). The van der Waals surface area contributed by atoms with E-state index in [1.54, 1.807) is 12.1 Å². The number of benzene rings is 4. The first kappa shape index (κ1) is 29.8. The van der Waals surface area contributed by atoms with E-state index >= 15 is 0 Å². The molecule has 0 aliphatic rings. The van der Waals surface area contributed by atoms with Crippen molar-refractivity contribution in [1.29, 1.82) is 0 Å². The molecule has 0 spiro atoms. The Morgan fingerprint density at radius 1 is 0.814 bits per heavy atom. The number of nitrogens with zero attached hydrogens (tertiary/aromatic N) is 1. The van der Waals surface area contributed by atoms with Crippen LogP contribution in [0.4, 0.5) is 0 Å². The number of hydrogen-bond acceptors (Lipinski definition) is 2. The minimum Gasteiger partial charge on any atom is -0.478 e. The van der Waals surface area contributed by atoms with Gasteiger partial charge < -0.3 is 15.0 Å². The zero-order valence-corrected chi connectivity index (χ0v) is 25.8. The first-order chi connectivity index (χ1) is 20.5. The topological polar surface area (TPSA) is 71.3 Å². The van der Waals surface area contributed by atoms with E-state index < -0.39 is 5.97 Å². The van der Waals surface area contributed by atoms with E-state index in [4.69, 9.17) is 0 Å². The molecule has 5 aromatic rings. The van der Waals surface area contributed by atoms with Crippen molar-refractivity contribution in [2.75, 3.05) is 0 Å². The van der Waals surface area contributed by atoms with Crippen molar-refractivity contribution in [3.05, 3.63) is 130 Å². The molecular weight excluding hydrogens is 532 g/mol. The maximum absolute atomic E-state index is 13.5. The Labute approximate surface area is 254 Å². The number of aryl methyl sites for hydroxylation is 1. The van der Waals surface area contributed by atoms with E-state index in [9.17, 15) is 14.7 Å². The van der Waals surface area contributed by atoms with Crippen molar-refractivity contribution < 1.29 is 14.7 Å². The summed E-state index contributed by atoms with van der Waals surface area (Å²) in [5.74, 6) is -0.341. The van der Waals surface area contributed by atoms with Gasteiger partial charge in [0.1, 0.15) is 0 Å². The Morgan fingerprint density at radius 2 is 1.51 bits per heavy atom. The molecule has 1 amide bonds. The van der Waals surface area contributed by atoms with Gasteiger partial charge >= 0.3 is 5.97 Å². The van der Waals surface area contributed by atoms with Crippen molar-refractivity contribution in [3.63, 3.8) is 0 Å². The first-order valence-corrected chi connectivity index (χ1v) is 15.0. The predicted molar refractivity (Wildman–Crippen MR) is 175 cm³/mol. The minimum absolute atomic E-state index is 0.0717. The average Bonchev–Trinajstić information content (AvgIpc) is 3.24. The number of amides is 1. The second kappa shape index (κ2) is 12.3. The lowest BCUT2D eigenvalue weighted by Crippen LogP contribution is -2.31. The van der Waals surface area contributed by atoms with Crippen LogP contribution in [0.2, 0.25) is 0 Å². The van der Waals surface area contributed by atoms with E-state index in [0.717, 1.165) is 38.9 Å². The van der Waals surface area contributed by atoms with Gasteiger partial charge in [-0.25, -0.2) is 4.79 Å². The molecule has 2 N–H and O–H groups in total. The number of fused-ring (bicyclic) bond motifs is 1. The number of hydrogen-bond donors (Lipinski definition) is 2. The highest BCUT2D eigenvalue weighted by atomic mass is 16.4. The van der Waals surface area contributed by atoms with Crippen LogP contribution in [-0.4, -0.2) is 21.6 Å². The van der Waals surface area contributed by atoms with Crippen molar-refractivity contribution in [3.8, 4) is 11.1 Å². The monoisotopic (exact) mass is 572 g/mol. The fourth-order valence-electron chi connectivity index (χ4n) is 5.86. The van der Waals surface area contributed by atoms with Crippen LogP contribution < -0.4 is 5.32 Å². The molecule has 5 rings (SSSR count). The number of carboxylic acids is 1. The number of nitrogens with one attached hydrogen (secondary N) is 1. The van der Waals surface area contributed by atoms with Crippen LogP contribution in [0, 0.1) is 19.8 Å². The van der Waals surface area contributed by atoms with E-state index in [-0.39, 0.29) is 17.9 Å². The van der Waals surface area contributed by atoms with Crippen LogP contribution in [0.15, 0.2) is 91.0 Å². The summed E-state index contributed by atoms with van der Waals surface area (Å²) in [7, 11) is 0. The van der Waals surface area contributed by atoms with Crippen molar-refractivity contribution in [2.24, 2.45) is 5.92 Å². The maximum atomic E-state index is 13.5. The van der Waals surface area contributed by atoms with Gasteiger partial charge in [-0.05, 0) is 83.3 Å². The molecule has 4 aromatic carbocycles. The molecule has 0 saturated carbocycles. The maximum Gasteiger partial charge on any atom is 0.336 e. The normalized spacial score (nSPS) is 12.2. The number of aromatic carboxylic acids is 1. The predicted octanol–water partition coefficient (Wildman–Crippen LogP) is 8.92. The van der Waals surface area contributed by atoms with E-state index in [2.05, 4.69) is 87.8 Å². The molecule has 43 heavy (non-hydrogen) atoms. The Balaban J connectivity index is 1.40. The lowest BCUT2D eigenvalue weighted by atomic mass is 9.92. The highest BCUT2D eigenvalue weighted by Gasteiger charge is 2.21. The number of rotatable bonds is 9. The lowest BCUT2D eigenvalue weighted by Gasteiger charge is -2.24. The Kier molecular flexibility index (Phi) is 8.54. The average molecular weight is 573 g/mol. The summed E-state index contributed by atoms with van der Waals surface area (Å²) in [6.07, 6.45) is 0. The molecule has 1 heterocycles. The fraction of sp³-hybridized carbons (Fsp3) is 0.263. The third-order valence-corrected chi connectivity index (χ3v) is 8.55. The van der Waals surface area contributed by atoms with Gasteiger partial charge in [0.05, 0.1) is 11.6 Å². The Hall–Kier alpha value is -4.64. The molecule has 0 aliphatic carbocycles. The van der Waals surface area contributed by atoms with Gasteiger partial charge in [-0.1, -0.05) is 94.4 Å².